The van der Waals surface area contributed by atoms with Gasteiger partial charge >= 0.3 is 0 Å². The SMILES string of the molecule is CON(C)C(=O)C1CSC(c2ccccc2)N1. The molecular weight excluding hydrogens is 236 g/mol. The number of likely N-dealkylation sites (N-methyl/N-ethyl adjacent to an activating group) is 1. The van der Waals surface area contributed by atoms with Crippen LogP contribution in [-0.4, -0.2) is 36.9 Å². The summed E-state index contributed by atoms with van der Waals surface area (Å²) in [7, 11) is 3.12. The highest BCUT2D eigenvalue weighted by Crippen LogP contribution is 2.32. The average Bonchev–Trinajstić information content (AvgIpc) is 2.87. The fourth-order valence-corrected chi connectivity index (χ4v) is 2.98. The minimum atomic E-state index is -0.171. The summed E-state index contributed by atoms with van der Waals surface area (Å²) in [6.45, 7) is 0. The molecule has 5 heteroatoms. The smallest absolute Gasteiger partial charge is 0.263 e. The first kappa shape index (κ1) is 12.4. The van der Waals surface area contributed by atoms with E-state index in [1.165, 1.54) is 17.7 Å². The quantitative estimate of drug-likeness (QED) is 0.826. The molecule has 1 heterocycles. The highest BCUT2D eigenvalue weighted by Gasteiger charge is 2.32. The summed E-state index contributed by atoms with van der Waals surface area (Å²) >= 11 is 1.75. The molecule has 1 aromatic carbocycles. The van der Waals surface area contributed by atoms with Gasteiger partial charge in [0.05, 0.1) is 18.5 Å². The van der Waals surface area contributed by atoms with Crippen LogP contribution in [0.3, 0.4) is 0 Å². The highest BCUT2D eigenvalue weighted by molar-refractivity contribution is 7.99. The van der Waals surface area contributed by atoms with Crippen molar-refractivity contribution < 1.29 is 9.63 Å². The van der Waals surface area contributed by atoms with Crippen molar-refractivity contribution in [3.8, 4) is 0 Å². The van der Waals surface area contributed by atoms with E-state index in [9.17, 15) is 4.79 Å². The molecule has 0 spiro atoms. The molecule has 0 aliphatic carbocycles. The van der Waals surface area contributed by atoms with Crippen molar-refractivity contribution in [1.82, 2.24) is 10.4 Å². The predicted octanol–water partition coefficient (Wildman–Crippen LogP) is 1.41. The molecule has 1 saturated heterocycles. The van der Waals surface area contributed by atoms with Crippen molar-refractivity contribution in [2.24, 2.45) is 0 Å². The Labute approximate surface area is 105 Å². The second-order valence-corrected chi connectivity index (χ2v) is 5.00. The fourth-order valence-electron chi connectivity index (χ4n) is 1.74. The summed E-state index contributed by atoms with van der Waals surface area (Å²) in [5.41, 5.74) is 1.20. The maximum absolute atomic E-state index is 11.9. The molecule has 0 bridgehead atoms. The van der Waals surface area contributed by atoms with E-state index in [1.807, 2.05) is 18.2 Å². The van der Waals surface area contributed by atoms with Gasteiger partial charge in [-0.3, -0.25) is 14.9 Å². The van der Waals surface area contributed by atoms with E-state index < -0.39 is 0 Å². The number of hydrogen-bond acceptors (Lipinski definition) is 4. The maximum atomic E-state index is 11.9. The van der Waals surface area contributed by atoms with Crippen LogP contribution in [0, 0.1) is 0 Å². The molecule has 0 radical (unpaired) electrons. The van der Waals surface area contributed by atoms with Crippen LogP contribution in [0.1, 0.15) is 10.9 Å². The molecule has 1 fully saturated rings. The van der Waals surface area contributed by atoms with Crippen molar-refractivity contribution in [3.05, 3.63) is 35.9 Å². The molecule has 92 valence electrons. The molecule has 1 aromatic rings. The fraction of sp³-hybridized carbons (Fsp3) is 0.417. The van der Waals surface area contributed by atoms with Gasteiger partial charge in [-0.1, -0.05) is 30.3 Å². The van der Waals surface area contributed by atoms with Crippen LogP contribution in [-0.2, 0) is 9.63 Å². The maximum Gasteiger partial charge on any atom is 0.263 e. The lowest BCUT2D eigenvalue weighted by atomic mass is 10.2. The molecule has 17 heavy (non-hydrogen) atoms. The van der Waals surface area contributed by atoms with Gasteiger partial charge in [0, 0.05) is 12.8 Å². The van der Waals surface area contributed by atoms with Crippen LogP contribution in [0.2, 0.25) is 0 Å². The van der Waals surface area contributed by atoms with Gasteiger partial charge < -0.3 is 0 Å². The topological polar surface area (TPSA) is 41.6 Å². The van der Waals surface area contributed by atoms with Gasteiger partial charge in [0.25, 0.3) is 5.91 Å². The zero-order chi connectivity index (χ0) is 12.3. The zero-order valence-corrected chi connectivity index (χ0v) is 10.7. The molecule has 2 unspecified atom stereocenters. The van der Waals surface area contributed by atoms with Gasteiger partial charge in [0.1, 0.15) is 0 Å². The van der Waals surface area contributed by atoms with Crippen LogP contribution < -0.4 is 5.32 Å². The molecule has 1 N–H and O–H groups in total. The van der Waals surface area contributed by atoms with E-state index in [2.05, 4.69) is 17.4 Å². The van der Waals surface area contributed by atoms with Crippen molar-refractivity contribution >= 4 is 17.7 Å². The van der Waals surface area contributed by atoms with Crippen molar-refractivity contribution in [3.63, 3.8) is 0 Å². The standard InChI is InChI=1S/C12H16N2O2S/c1-14(16-2)12(15)10-8-17-11(13-10)9-6-4-3-5-7-9/h3-7,10-11,13H,8H2,1-2H3. The predicted molar refractivity (Wildman–Crippen MR) is 68.3 cm³/mol. The van der Waals surface area contributed by atoms with Crippen LogP contribution in [0.5, 0.6) is 0 Å². The van der Waals surface area contributed by atoms with Gasteiger partial charge in [0.15, 0.2) is 0 Å². The Balaban J connectivity index is 1.98. The number of benzene rings is 1. The van der Waals surface area contributed by atoms with E-state index in [0.29, 0.717) is 0 Å². The lowest BCUT2D eigenvalue weighted by Crippen LogP contribution is -2.43. The van der Waals surface area contributed by atoms with Gasteiger partial charge in [-0.15, -0.1) is 11.8 Å². The number of carbonyl (C=O) groups is 1. The summed E-state index contributed by atoms with van der Waals surface area (Å²) in [6.07, 6.45) is 0. The summed E-state index contributed by atoms with van der Waals surface area (Å²) in [5, 5.41) is 4.77. The summed E-state index contributed by atoms with van der Waals surface area (Å²) in [4.78, 5) is 16.8. The summed E-state index contributed by atoms with van der Waals surface area (Å²) < 4.78 is 0. The third kappa shape index (κ3) is 2.80. The number of carbonyl (C=O) groups excluding carboxylic acids is 1. The van der Waals surface area contributed by atoms with Crippen molar-refractivity contribution in [2.75, 3.05) is 19.9 Å². The first-order chi connectivity index (χ1) is 8.22. The lowest BCUT2D eigenvalue weighted by molar-refractivity contribution is -0.170. The number of nitrogens with one attached hydrogen (secondary N) is 1. The third-order valence-electron chi connectivity index (χ3n) is 2.77. The lowest BCUT2D eigenvalue weighted by Gasteiger charge is -2.18. The van der Waals surface area contributed by atoms with Crippen LogP contribution in [0.15, 0.2) is 30.3 Å². The number of rotatable bonds is 3. The molecule has 1 aliphatic rings. The monoisotopic (exact) mass is 252 g/mol. The van der Waals surface area contributed by atoms with Crippen molar-refractivity contribution in [1.29, 1.82) is 0 Å². The van der Waals surface area contributed by atoms with E-state index in [-0.39, 0.29) is 17.3 Å². The second kappa shape index (κ2) is 5.53. The Bertz CT molecular complexity index is 385. The summed E-state index contributed by atoms with van der Waals surface area (Å²) in [5.74, 6) is 0.741. The second-order valence-electron chi connectivity index (χ2n) is 3.86. The zero-order valence-electron chi connectivity index (χ0n) is 9.92. The Kier molecular flexibility index (Phi) is 4.04. The van der Waals surface area contributed by atoms with Crippen molar-refractivity contribution in [2.45, 2.75) is 11.4 Å². The largest absolute Gasteiger partial charge is 0.290 e. The van der Waals surface area contributed by atoms with E-state index in [0.717, 1.165) is 5.75 Å². The normalized spacial score (nSPS) is 23.6. The Hall–Kier alpha value is -1.04. The molecule has 1 aliphatic heterocycles. The van der Waals surface area contributed by atoms with E-state index in [1.54, 1.807) is 18.8 Å². The van der Waals surface area contributed by atoms with E-state index >= 15 is 0 Å². The Morgan fingerprint density at radius 1 is 1.47 bits per heavy atom. The number of hydrogen-bond donors (Lipinski definition) is 1. The highest BCUT2D eigenvalue weighted by atomic mass is 32.2. The molecular formula is C12H16N2O2S. The Morgan fingerprint density at radius 2 is 2.18 bits per heavy atom. The number of thioether (sulfide) groups is 1. The number of nitrogens with zero attached hydrogens (tertiary/aromatic N) is 1. The van der Waals surface area contributed by atoms with Crippen LogP contribution in [0.4, 0.5) is 0 Å². The van der Waals surface area contributed by atoms with Gasteiger partial charge in [-0.2, -0.15) is 0 Å². The summed E-state index contributed by atoms with van der Waals surface area (Å²) in [6, 6.07) is 9.97. The van der Waals surface area contributed by atoms with Crippen LogP contribution in [0.25, 0.3) is 0 Å². The molecule has 0 saturated carbocycles. The first-order valence-electron chi connectivity index (χ1n) is 5.46. The molecule has 2 rings (SSSR count). The minimum absolute atomic E-state index is 0.0292. The van der Waals surface area contributed by atoms with Crippen LogP contribution >= 0.6 is 11.8 Å². The average molecular weight is 252 g/mol. The first-order valence-corrected chi connectivity index (χ1v) is 6.51. The van der Waals surface area contributed by atoms with Gasteiger partial charge in [0.2, 0.25) is 0 Å². The number of hydroxylamine groups is 2. The van der Waals surface area contributed by atoms with Gasteiger partial charge in [-0.25, -0.2) is 5.06 Å². The Morgan fingerprint density at radius 3 is 2.82 bits per heavy atom. The molecule has 1 amide bonds. The minimum Gasteiger partial charge on any atom is -0.290 e. The third-order valence-corrected chi connectivity index (χ3v) is 4.03. The van der Waals surface area contributed by atoms with E-state index in [4.69, 9.17) is 4.84 Å². The molecule has 4 nitrogen and oxygen atoms in total. The molecule has 0 aromatic heterocycles. The van der Waals surface area contributed by atoms with Gasteiger partial charge in [-0.05, 0) is 5.56 Å². The molecule has 2 atom stereocenters. The number of amides is 1.